The second-order valence-corrected chi connectivity index (χ2v) is 8.33. The third kappa shape index (κ3) is 4.05. The average Bonchev–Trinajstić information content (AvgIpc) is 3.01. The highest BCUT2D eigenvalue weighted by Gasteiger charge is 2.36. The Morgan fingerprint density at radius 2 is 1.92 bits per heavy atom. The van der Waals surface area contributed by atoms with Crippen molar-refractivity contribution in [2.24, 2.45) is 0 Å². The third-order valence-corrected chi connectivity index (χ3v) is 6.38. The number of sulfonamides is 1. The largest absolute Gasteiger partial charge is 0.364 e. The van der Waals surface area contributed by atoms with Gasteiger partial charge in [-0.25, -0.2) is 8.42 Å². The minimum absolute atomic E-state index is 0.107. The molecule has 0 unspecified atom stereocenters. The van der Waals surface area contributed by atoms with E-state index >= 15 is 0 Å². The summed E-state index contributed by atoms with van der Waals surface area (Å²) in [5.41, 5.74) is 0.731. The maximum Gasteiger partial charge on any atom is 0.244 e. The molecule has 2 N–H and O–H groups in total. The van der Waals surface area contributed by atoms with Gasteiger partial charge in [0.15, 0.2) is 0 Å². The van der Waals surface area contributed by atoms with Crippen molar-refractivity contribution >= 4 is 27.5 Å². The number of rotatable bonds is 5. The fourth-order valence-electron chi connectivity index (χ4n) is 2.94. The molecule has 6 nitrogen and oxygen atoms in total. The zero-order chi connectivity index (χ0) is 17.9. The predicted molar refractivity (Wildman–Crippen MR) is 95.6 cm³/mol. The fraction of sp³-hybridized carbons (Fsp3) is 0.353. The van der Waals surface area contributed by atoms with Gasteiger partial charge in [-0.3, -0.25) is 4.79 Å². The predicted octanol–water partition coefficient (Wildman–Crippen LogP) is 2.53. The van der Waals surface area contributed by atoms with Crippen LogP contribution >= 0.6 is 11.6 Å². The lowest BCUT2D eigenvalue weighted by Gasteiger charge is -2.28. The molecule has 0 aliphatic carbocycles. The van der Waals surface area contributed by atoms with E-state index in [2.05, 4.69) is 10.3 Å². The highest BCUT2D eigenvalue weighted by molar-refractivity contribution is 7.89. The first-order valence-electron chi connectivity index (χ1n) is 8.16. The minimum Gasteiger partial charge on any atom is -0.364 e. The summed E-state index contributed by atoms with van der Waals surface area (Å²) in [7, 11) is -3.85. The van der Waals surface area contributed by atoms with E-state index in [-0.39, 0.29) is 17.3 Å². The second-order valence-electron chi connectivity index (χ2n) is 6.00. The van der Waals surface area contributed by atoms with Crippen LogP contribution in [0.15, 0.2) is 47.5 Å². The van der Waals surface area contributed by atoms with Gasteiger partial charge in [-0.05, 0) is 55.7 Å². The van der Waals surface area contributed by atoms with Gasteiger partial charge in [-0.2, -0.15) is 4.31 Å². The number of amides is 1. The number of H-pyrrole nitrogens is 1. The highest BCUT2D eigenvalue weighted by Crippen LogP contribution is 2.25. The summed E-state index contributed by atoms with van der Waals surface area (Å²) in [6.07, 6.45) is 3.87. The van der Waals surface area contributed by atoms with Gasteiger partial charge in [0.1, 0.15) is 6.04 Å². The molecular weight excluding hydrogens is 362 g/mol. The van der Waals surface area contributed by atoms with Gasteiger partial charge >= 0.3 is 0 Å². The molecule has 1 aromatic heterocycles. The number of halogens is 1. The van der Waals surface area contributed by atoms with Crippen molar-refractivity contribution in [2.75, 3.05) is 6.54 Å². The van der Waals surface area contributed by atoms with E-state index in [1.54, 1.807) is 18.3 Å². The number of aromatic nitrogens is 1. The summed E-state index contributed by atoms with van der Waals surface area (Å²) in [5.74, 6) is -0.249. The summed E-state index contributed by atoms with van der Waals surface area (Å²) in [6.45, 7) is 0.683. The van der Waals surface area contributed by atoms with Gasteiger partial charge in [-0.1, -0.05) is 11.6 Å². The quantitative estimate of drug-likeness (QED) is 0.834. The third-order valence-electron chi connectivity index (χ3n) is 4.26. The maximum absolute atomic E-state index is 13.2. The van der Waals surface area contributed by atoms with E-state index in [1.165, 1.54) is 28.6 Å². The molecule has 1 atom stereocenters. The standard InChI is InChI=1S/C17H20ClN3O3S/c18-13-6-8-15(9-7-13)25(23,24)21(12-14-4-3-11-19-14)16-5-1-2-10-20-17(16)22/h3-4,6-9,11,16,19H,1-2,5,10,12H2,(H,20,22)/t16-/m1/s1. The Morgan fingerprint density at radius 1 is 1.16 bits per heavy atom. The van der Waals surface area contributed by atoms with E-state index in [4.69, 9.17) is 11.6 Å². The zero-order valence-electron chi connectivity index (χ0n) is 13.6. The monoisotopic (exact) mass is 381 g/mol. The fourth-order valence-corrected chi connectivity index (χ4v) is 4.66. The van der Waals surface area contributed by atoms with E-state index in [9.17, 15) is 13.2 Å². The van der Waals surface area contributed by atoms with Crippen LogP contribution in [0, 0.1) is 0 Å². The van der Waals surface area contributed by atoms with Crippen LogP contribution in [0.1, 0.15) is 25.0 Å². The van der Waals surface area contributed by atoms with Crippen LogP contribution in [0.3, 0.4) is 0 Å². The van der Waals surface area contributed by atoms with Gasteiger partial charge in [0.2, 0.25) is 15.9 Å². The molecule has 1 aliphatic rings. The average molecular weight is 382 g/mol. The number of carbonyl (C=O) groups excluding carboxylic acids is 1. The van der Waals surface area contributed by atoms with Crippen molar-refractivity contribution in [3.8, 4) is 0 Å². The summed E-state index contributed by atoms with van der Waals surface area (Å²) in [4.78, 5) is 15.6. The maximum atomic E-state index is 13.2. The number of hydrogen-bond donors (Lipinski definition) is 2. The first kappa shape index (κ1) is 18.0. The van der Waals surface area contributed by atoms with Gasteiger partial charge in [-0.15, -0.1) is 0 Å². The molecular formula is C17H20ClN3O3S. The zero-order valence-corrected chi connectivity index (χ0v) is 15.2. The molecule has 25 heavy (non-hydrogen) atoms. The lowest BCUT2D eigenvalue weighted by molar-refractivity contribution is -0.124. The number of hydrogen-bond acceptors (Lipinski definition) is 3. The van der Waals surface area contributed by atoms with Crippen molar-refractivity contribution in [1.29, 1.82) is 0 Å². The number of benzene rings is 1. The number of nitrogens with zero attached hydrogens (tertiary/aromatic N) is 1. The molecule has 2 heterocycles. The summed E-state index contributed by atoms with van der Waals surface area (Å²) < 4.78 is 27.7. The topological polar surface area (TPSA) is 82.3 Å². The second kappa shape index (κ2) is 7.59. The normalized spacial score (nSPS) is 18.8. The lowest BCUT2D eigenvalue weighted by atomic mass is 10.1. The van der Waals surface area contributed by atoms with Crippen molar-refractivity contribution < 1.29 is 13.2 Å². The van der Waals surface area contributed by atoms with Gasteiger partial charge < -0.3 is 10.3 Å². The molecule has 3 rings (SSSR count). The van der Waals surface area contributed by atoms with E-state index in [0.29, 0.717) is 18.0 Å². The van der Waals surface area contributed by atoms with Gasteiger partial charge in [0, 0.05) is 23.5 Å². The molecule has 0 spiro atoms. The number of nitrogens with one attached hydrogen (secondary N) is 2. The van der Waals surface area contributed by atoms with Crippen molar-refractivity contribution in [2.45, 2.75) is 36.7 Å². The van der Waals surface area contributed by atoms with Crippen molar-refractivity contribution in [1.82, 2.24) is 14.6 Å². The molecule has 1 aromatic carbocycles. The molecule has 1 saturated heterocycles. The molecule has 2 aromatic rings. The van der Waals surface area contributed by atoms with Crippen LogP contribution in [0.4, 0.5) is 0 Å². The molecule has 134 valence electrons. The Hall–Kier alpha value is -1.83. The number of carbonyl (C=O) groups is 1. The van der Waals surface area contributed by atoms with Crippen LogP contribution in [0.25, 0.3) is 0 Å². The van der Waals surface area contributed by atoms with Crippen molar-refractivity contribution in [3.63, 3.8) is 0 Å². The van der Waals surface area contributed by atoms with Crippen molar-refractivity contribution in [3.05, 3.63) is 53.3 Å². The Labute approximate surface area is 152 Å². The molecule has 0 bridgehead atoms. The molecule has 1 fully saturated rings. The first-order valence-corrected chi connectivity index (χ1v) is 9.98. The minimum atomic E-state index is -3.85. The Bertz CT molecular complexity index is 819. The number of aromatic amines is 1. The molecule has 1 amide bonds. The van der Waals surface area contributed by atoms with Crippen LogP contribution in [0.2, 0.25) is 5.02 Å². The molecule has 0 saturated carbocycles. The van der Waals surface area contributed by atoms with Crippen LogP contribution in [0.5, 0.6) is 0 Å². The van der Waals surface area contributed by atoms with Gasteiger partial charge in [0.25, 0.3) is 0 Å². The Kier molecular flexibility index (Phi) is 5.46. The summed E-state index contributed by atoms with van der Waals surface area (Å²) in [5, 5.41) is 3.27. The molecule has 0 radical (unpaired) electrons. The summed E-state index contributed by atoms with van der Waals surface area (Å²) >= 11 is 5.87. The van der Waals surface area contributed by atoms with Gasteiger partial charge in [0.05, 0.1) is 11.4 Å². The Morgan fingerprint density at radius 3 is 2.60 bits per heavy atom. The van der Waals surface area contributed by atoms with Crippen LogP contribution < -0.4 is 5.32 Å². The van der Waals surface area contributed by atoms with E-state index in [1.807, 2.05) is 0 Å². The Balaban J connectivity index is 2.00. The lowest BCUT2D eigenvalue weighted by Crippen LogP contribution is -2.48. The highest BCUT2D eigenvalue weighted by atomic mass is 35.5. The van der Waals surface area contributed by atoms with Crippen LogP contribution in [-0.2, 0) is 21.4 Å². The molecule has 1 aliphatic heterocycles. The van der Waals surface area contributed by atoms with Crippen LogP contribution in [-0.4, -0.2) is 36.2 Å². The molecule has 8 heteroatoms. The first-order chi connectivity index (χ1) is 12.0. The summed E-state index contributed by atoms with van der Waals surface area (Å²) in [6, 6.07) is 8.88. The van der Waals surface area contributed by atoms with E-state index < -0.39 is 16.1 Å². The van der Waals surface area contributed by atoms with E-state index in [0.717, 1.165) is 18.5 Å². The SMILES string of the molecule is O=C1NCCCC[C@H]1N(Cc1ccc[nH]1)S(=O)(=O)c1ccc(Cl)cc1. The smallest absolute Gasteiger partial charge is 0.244 e.